The van der Waals surface area contributed by atoms with E-state index in [2.05, 4.69) is 91.0 Å². The molecule has 0 radical (unpaired) electrons. The van der Waals surface area contributed by atoms with E-state index in [4.69, 9.17) is 4.74 Å². The van der Waals surface area contributed by atoms with E-state index in [-0.39, 0.29) is 11.5 Å². The molecule has 0 aliphatic carbocycles. The van der Waals surface area contributed by atoms with Gasteiger partial charge >= 0.3 is 0 Å². The molecule has 1 aliphatic heterocycles. The third kappa shape index (κ3) is 4.25. The van der Waals surface area contributed by atoms with Crippen molar-refractivity contribution in [3.8, 4) is 5.75 Å². The lowest BCUT2D eigenvalue weighted by Crippen LogP contribution is -2.29. The summed E-state index contributed by atoms with van der Waals surface area (Å²) in [6, 6.07) is 22.4. The van der Waals surface area contributed by atoms with Gasteiger partial charge in [0.25, 0.3) is 0 Å². The van der Waals surface area contributed by atoms with Crippen LogP contribution in [-0.2, 0) is 18.5 Å². The minimum Gasteiger partial charge on any atom is -0.497 e. The zero-order valence-corrected chi connectivity index (χ0v) is 18.1. The predicted molar refractivity (Wildman–Crippen MR) is 119 cm³/mol. The van der Waals surface area contributed by atoms with Crippen molar-refractivity contribution in [3.63, 3.8) is 0 Å². The number of fused-ring (bicyclic) bond motifs is 1. The van der Waals surface area contributed by atoms with Crippen LogP contribution in [-0.4, -0.2) is 23.1 Å². The minimum atomic E-state index is 0.186. The third-order valence-corrected chi connectivity index (χ3v) is 5.97. The largest absolute Gasteiger partial charge is 0.497 e. The van der Waals surface area contributed by atoms with Gasteiger partial charge in [-0.1, -0.05) is 57.2 Å². The molecule has 1 aliphatic rings. The molecule has 3 heteroatoms. The highest BCUT2D eigenvalue weighted by Crippen LogP contribution is 2.34. The van der Waals surface area contributed by atoms with Gasteiger partial charge in [0.2, 0.25) is 0 Å². The molecule has 0 fully saturated rings. The summed E-state index contributed by atoms with van der Waals surface area (Å²) >= 11 is 0. The average molecular weight is 389 g/mol. The highest BCUT2D eigenvalue weighted by atomic mass is 16.5. The van der Waals surface area contributed by atoms with E-state index in [1.165, 1.54) is 22.4 Å². The maximum atomic E-state index is 5.52. The average Bonchev–Trinajstić information content (AvgIpc) is 3.09. The Morgan fingerprint density at radius 3 is 2.48 bits per heavy atom. The highest BCUT2D eigenvalue weighted by Gasteiger charge is 2.27. The molecule has 152 valence electrons. The first-order valence-electron chi connectivity index (χ1n) is 10.6. The molecule has 3 nitrogen and oxygen atoms in total. The molecule has 0 amide bonds. The fourth-order valence-corrected chi connectivity index (χ4v) is 4.35. The van der Waals surface area contributed by atoms with Crippen molar-refractivity contribution in [2.45, 2.75) is 51.7 Å². The maximum Gasteiger partial charge on any atom is 0.119 e. The number of hydrogen-bond acceptors (Lipinski definition) is 2. The van der Waals surface area contributed by atoms with Crippen LogP contribution >= 0.6 is 0 Å². The number of hydrogen-bond donors (Lipinski definition) is 0. The summed E-state index contributed by atoms with van der Waals surface area (Å²) in [4.78, 5) is 2.61. The van der Waals surface area contributed by atoms with Gasteiger partial charge in [-0.3, -0.25) is 4.90 Å². The van der Waals surface area contributed by atoms with Crippen molar-refractivity contribution >= 4 is 0 Å². The standard InChI is InChI=1S/C26H32N2O/c1-26(2,3)22-13-11-20(12-14-22)19-28-17-7-16-27-15-6-10-24(27)25(28)21-8-5-9-23(18-21)29-4/h5-6,8-15,18,25H,7,16-17,19H2,1-4H3. The molecule has 0 N–H and O–H groups in total. The monoisotopic (exact) mass is 388 g/mol. The number of nitrogens with zero attached hydrogens (tertiary/aromatic N) is 2. The molecule has 1 atom stereocenters. The van der Waals surface area contributed by atoms with E-state index in [0.29, 0.717) is 0 Å². The number of aromatic nitrogens is 1. The second-order valence-corrected chi connectivity index (χ2v) is 9.08. The van der Waals surface area contributed by atoms with Gasteiger partial charge in [-0.15, -0.1) is 0 Å². The van der Waals surface area contributed by atoms with Crippen LogP contribution < -0.4 is 4.74 Å². The maximum absolute atomic E-state index is 5.52. The van der Waals surface area contributed by atoms with E-state index in [1.807, 2.05) is 6.07 Å². The lowest BCUT2D eigenvalue weighted by molar-refractivity contribution is 0.220. The first kappa shape index (κ1) is 19.8. The van der Waals surface area contributed by atoms with Gasteiger partial charge < -0.3 is 9.30 Å². The fraction of sp³-hybridized carbons (Fsp3) is 0.385. The third-order valence-electron chi connectivity index (χ3n) is 5.97. The Morgan fingerprint density at radius 2 is 1.76 bits per heavy atom. The smallest absolute Gasteiger partial charge is 0.119 e. The molecule has 0 bridgehead atoms. The first-order chi connectivity index (χ1) is 14.0. The summed E-state index contributed by atoms with van der Waals surface area (Å²) in [5.41, 5.74) is 5.59. The summed E-state index contributed by atoms with van der Waals surface area (Å²) in [7, 11) is 1.74. The number of rotatable bonds is 4. The van der Waals surface area contributed by atoms with E-state index in [9.17, 15) is 0 Å². The predicted octanol–water partition coefficient (Wildman–Crippen LogP) is 5.79. The summed E-state index contributed by atoms with van der Waals surface area (Å²) in [6.45, 7) is 9.89. The molecule has 4 rings (SSSR count). The summed E-state index contributed by atoms with van der Waals surface area (Å²) in [6.07, 6.45) is 3.37. The first-order valence-corrected chi connectivity index (χ1v) is 10.6. The molecule has 2 aromatic carbocycles. The van der Waals surface area contributed by atoms with Gasteiger partial charge in [0.05, 0.1) is 13.2 Å². The normalized spacial score (nSPS) is 17.6. The zero-order chi connectivity index (χ0) is 20.4. The molecule has 29 heavy (non-hydrogen) atoms. The number of aryl methyl sites for hydroxylation is 1. The van der Waals surface area contributed by atoms with Gasteiger partial charge in [-0.25, -0.2) is 0 Å². The SMILES string of the molecule is COc1cccc(C2c3cccn3CCCN2Cc2ccc(C(C)(C)C)cc2)c1. The van der Waals surface area contributed by atoms with Crippen molar-refractivity contribution in [1.29, 1.82) is 0 Å². The quantitative estimate of drug-likeness (QED) is 0.563. The van der Waals surface area contributed by atoms with Crippen molar-refractivity contribution in [1.82, 2.24) is 9.47 Å². The van der Waals surface area contributed by atoms with Crippen molar-refractivity contribution in [2.75, 3.05) is 13.7 Å². The van der Waals surface area contributed by atoms with Gasteiger partial charge in [0.15, 0.2) is 0 Å². The molecule has 3 aromatic rings. The topological polar surface area (TPSA) is 17.4 Å². The number of ether oxygens (including phenoxy) is 1. The summed E-state index contributed by atoms with van der Waals surface area (Å²) < 4.78 is 7.93. The fourth-order valence-electron chi connectivity index (χ4n) is 4.35. The number of benzene rings is 2. The number of methoxy groups -OCH3 is 1. The van der Waals surface area contributed by atoms with Crippen LogP contribution in [0.15, 0.2) is 66.9 Å². The lowest BCUT2D eigenvalue weighted by atomic mass is 9.86. The van der Waals surface area contributed by atoms with Crippen LogP contribution in [0.3, 0.4) is 0 Å². The second kappa shape index (κ2) is 8.08. The van der Waals surface area contributed by atoms with Crippen LogP contribution in [0.1, 0.15) is 55.6 Å². The van der Waals surface area contributed by atoms with Crippen LogP contribution in [0.25, 0.3) is 0 Å². The van der Waals surface area contributed by atoms with Crippen molar-refractivity contribution in [3.05, 3.63) is 89.2 Å². The van der Waals surface area contributed by atoms with Crippen LogP contribution in [0.4, 0.5) is 0 Å². The van der Waals surface area contributed by atoms with Gasteiger partial charge in [0, 0.05) is 31.5 Å². The van der Waals surface area contributed by atoms with Crippen LogP contribution in [0.2, 0.25) is 0 Å². The van der Waals surface area contributed by atoms with Crippen LogP contribution in [0, 0.1) is 0 Å². The van der Waals surface area contributed by atoms with E-state index < -0.39 is 0 Å². The van der Waals surface area contributed by atoms with Crippen molar-refractivity contribution < 1.29 is 4.74 Å². The van der Waals surface area contributed by atoms with Crippen molar-refractivity contribution in [2.24, 2.45) is 0 Å². The van der Waals surface area contributed by atoms with Crippen LogP contribution in [0.5, 0.6) is 5.75 Å². The highest BCUT2D eigenvalue weighted by molar-refractivity contribution is 5.36. The molecule has 2 heterocycles. The molecule has 0 spiro atoms. The van der Waals surface area contributed by atoms with Gasteiger partial charge in [-0.2, -0.15) is 0 Å². The second-order valence-electron chi connectivity index (χ2n) is 9.08. The van der Waals surface area contributed by atoms with Gasteiger partial charge in [-0.05, 0) is 52.8 Å². The minimum absolute atomic E-state index is 0.186. The summed E-state index contributed by atoms with van der Waals surface area (Å²) in [5, 5.41) is 0. The Kier molecular flexibility index (Phi) is 5.51. The Hall–Kier alpha value is -2.52. The Labute approximate surface area is 174 Å². The molecular formula is C26H32N2O. The van der Waals surface area contributed by atoms with E-state index in [0.717, 1.165) is 31.8 Å². The summed E-state index contributed by atoms with van der Waals surface area (Å²) in [5.74, 6) is 0.916. The van der Waals surface area contributed by atoms with E-state index in [1.54, 1.807) is 7.11 Å². The molecular weight excluding hydrogens is 356 g/mol. The lowest BCUT2D eigenvalue weighted by Gasteiger charge is -2.31. The molecule has 0 saturated carbocycles. The van der Waals surface area contributed by atoms with Gasteiger partial charge in [0.1, 0.15) is 5.75 Å². The Balaban J connectivity index is 1.68. The molecule has 1 aromatic heterocycles. The zero-order valence-electron chi connectivity index (χ0n) is 18.1. The Bertz CT molecular complexity index is 949. The molecule has 0 saturated heterocycles. The Morgan fingerprint density at radius 1 is 0.966 bits per heavy atom. The molecule has 1 unspecified atom stereocenters. The van der Waals surface area contributed by atoms with E-state index >= 15 is 0 Å².